The zero-order valence-corrected chi connectivity index (χ0v) is 14.9. The lowest BCUT2D eigenvalue weighted by atomic mass is 10.1. The van der Waals surface area contributed by atoms with Gasteiger partial charge in [0.15, 0.2) is 0 Å². The Morgan fingerprint density at radius 2 is 1.72 bits per heavy atom. The lowest BCUT2D eigenvalue weighted by molar-refractivity contribution is -0.132. The first-order valence-corrected chi connectivity index (χ1v) is 9.69. The summed E-state index contributed by atoms with van der Waals surface area (Å²) in [5, 5.41) is 6.24. The van der Waals surface area contributed by atoms with Gasteiger partial charge in [-0.2, -0.15) is 5.10 Å². The summed E-state index contributed by atoms with van der Waals surface area (Å²) >= 11 is 0. The van der Waals surface area contributed by atoms with Crippen LogP contribution < -0.4 is 0 Å². The van der Waals surface area contributed by atoms with E-state index in [-0.39, 0.29) is 5.91 Å². The molecule has 0 spiro atoms. The van der Waals surface area contributed by atoms with Crippen molar-refractivity contribution < 1.29 is 4.79 Å². The van der Waals surface area contributed by atoms with E-state index in [9.17, 15) is 4.79 Å². The standard InChI is InChI=1S/C20H28N4O/c25-20(24-11-10-19(21-24)17-6-2-1-3-7-17)16-22-12-14-23(15-13-22)18-8-4-5-9-18/h1-3,6-7,18H,4-5,8-16H2. The first-order valence-electron chi connectivity index (χ1n) is 9.69. The fraction of sp³-hybridized carbons (Fsp3) is 0.600. The van der Waals surface area contributed by atoms with Gasteiger partial charge in [0.25, 0.3) is 5.91 Å². The number of nitrogens with zero attached hydrogens (tertiary/aromatic N) is 4. The molecule has 1 aromatic carbocycles. The maximum atomic E-state index is 12.6. The number of carbonyl (C=O) groups excluding carboxylic acids is 1. The van der Waals surface area contributed by atoms with Crippen LogP contribution in [0.4, 0.5) is 0 Å². The molecule has 0 radical (unpaired) electrons. The van der Waals surface area contributed by atoms with E-state index in [0.29, 0.717) is 13.1 Å². The third-order valence-electron chi connectivity index (χ3n) is 5.80. The third-order valence-corrected chi connectivity index (χ3v) is 5.80. The fourth-order valence-electron chi connectivity index (χ4n) is 4.30. The average molecular weight is 340 g/mol. The van der Waals surface area contributed by atoms with Gasteiger partial charge in [-0.3, -0.25) is 14.6 Å². The van der Waals surface area contributed by atoms with Crippen molar-refractivity contribution in [1.29, 1.82) is 0 Å². The van der Waals surface area contributed by atoms with Crippen molar-refractivity contribution >= 4 is 11.6 Å². The maximum Gasteiger partial charge on any atom is 0.256 e. The molecule has 1 aromatic rings. The minimum Gasteiger partial charge on any atom is -0.298 e. The predicted octanol–water partition coefficient (Wildman–Crippen LogP) is 2.18. The molecule has 0 N–H and O–H groups in total. The van der Waals surface area contributed by atoms with E-state index in [1.54, 1.807) is 5.01 Å². The number of rotatable bonds is 4. The van der Waals surface area contributed by atoms with Crippen LogP contribution in [0, 0.1) is 0 Å². The SMILES string of the molecule is O=C(CN1CCN(C2CCCC2)CC1)N1CCC(c2ccccc2)=N1. The van der Waals surface area contributed by atoms with Crippen LogP contribution in [0.5, 0.6) is 0 Å². The van der Waals surface area contributed by atoms with Crippen molar-refractivity contribution in [3.63, 3.8) is 0 Å². The smallest absolute Gasteiger partial charge is 0.256 e. The van der Waals surface area contributed by atoms with Crippen molar-refractivity contribution in [2.45, 2.75) is 38.1 Å². The van der Waals surface area contributed by atoms with Gasteiger partial charge >= 0.3 is 0 Å². The summed E-state index contributed by atoms with van der Waals surface area (Å²) < 4.78 is 0. The molecular weight excluding hydrogens is 312 g/mol. The largest absolute Gasteiger partial charge is 0.298 e. The molecule has 5 nitrogen and oxygen atoms in total. The summed E-state index contributed by atoms with van der Waals surface area (Å²) in [4.78, 5) is 17.5. The van der Waals surface area contributed by atoms with Gasteiger partial charge in [0, 0.05) is 38.6 Å². The van der Waals surface area contributed by atoms with Crippen molar-refractivity contribution in [1.82, 2.24) is 14.8 Å². The number of hydrogen-bond donors (Lipinski definition) is 0. The second-order valence-corrected chi connectivity index (χ2v) is 7.43. The third kappa shape index (κ3) is 3.93. The van der Waals surface area contributed by atoms with Crippen LogP contribution in [-0.2, 0) is 4.79 Å². The molecule has 1 amide bonds. The van der Waals surface area contributed by atoms with E-state index in [1.807, 2.05) is 18.2 Å². The summed E-state index contributed by atoms with van der Waals surface area (Å²) in [5.74, 6) is 0.139. The van der Waals surface area contributed by atoms with Crippen LogP contribution in [0.25, 0.3) is 0 Å². The first kappa shape index (κ1) is 16.7. The van der Waals surface area contributed by atoms with Gasteiger partial charge in [-0.25, -0.2) is 5.01 Å². The lowest BCUT2D eigenvalue weighted by Gasteiger charge is -2.37. The molecule has 25 heavy (non-hydrogen) atoms. The Hall–Kier alpha value is -1.72. The molecule has 2 heterocycles. The number of benzene rings is 1. The normalized spacial score (nSPS) is 23.2. The van der Waals surface area contributed by atoms with Crippen LogP contribution in [-0.4, -0.2) is 71.7 Å². The number of amides is 1. The number of carbonyl (C=O) groups is 1. The number of piperazine rings is 1. The van der Waals surface area contributed by atoms with E-state index >= 15 is 0 Å². The zero-order valence-electron chi connectivity index (χ0n) is 14.9. The van der Waals surface area contributed by atoms with E-state index in [1.165, 1.54) is 25.7 Å². The summed E-state index contributed by atoms with van der Waals surface area (Å²) in [5.41, 5.74) is 2.16. The Morgan fingerprint density at radius 1 is 1.00 bits per heavy atom. The Kier molecular flexibility index (Phi) is 5.13. The molecular formula is C20H28N4O. The highest BCUT2D eigenvalue weighted by Crippen LogP contribution is 2.24. The second-order valence-electron chi connectivity index (χ2n) is 7.43. The van der Waals surface area contributed by atoms with Gasteiger partial charge in [-0.15, -0.1) is 0 Å². The first-order chi connectivity index (χ1) is 12.3. The van der Waals surface area contributed by atoms with E-state index in [0.717, 1.165) is 49.9 Å². The minimum atomic E-state index is 0.139. The molecule has 2 fully saturated rings. The molecule has 4 rings (SSSR count). The predicted molar refractivity (Wildman–Crippen MR) is 99.6 cm³/mol. The summed E-state index contributed by atoms with van der Waals surface area (Å²) in [6.45, 7) is 5.44. The molecule has 1 saturated carbocycles. The summed E-state index contributed by atoms with van der Waals surface area (Å²) in [6.07, 6.45) is 6.36. The van der Waals surface area contributed by atoms with Crippen molar-refractivity contribution in [3.8, 4) is 0 Å². The van der Waals surface area contributed by atoms with Crippen LogP contribution in [0.3, 0.4) is 0 Å². The molecule has 134 valence electrons. The lowest BCUT2D eigenvalue weighted by Crippen LogP contribution is -2.51. The molecule has 3 aliphatic rings. The average Bonchev–Trinajstić information content (AvgIpc) is 3.35. The monoisotopic (exact) mass is 340 g/mol. The van der Waals surface area contributed by atoms with E-state index in [4.69, 9.17) is 0 Å². The summed E-state index contributed by atoms with van der Waals surface area (Å²) in [6, 6.07) is 11.0. The Morgan fingerprint density at radius 3 is 2.44 bits per heavy atom. The van der Waals surface area contributed by atoms with Gasteiger partial charge in [0.1, 0.15) is 0 Å². The molecule has 0 unspecified atom stereocenters. The van der Waals surface area contributed by atoms with E-state index < -0.39 is 0 Å². The van der Waals surface area contributed by atoms with Crippen molar-refractivity contribution in [2.75, 3.05) is 39.3 Å². The highest BCUT2D eigenvalue weighted by molar-refractivity contribution is 6.02. The highest BCUT2D eigenvalue weighted by Gasteiger charge is 2.28. The molecule has 5 heteroatoms. The number of hydrogen-bond acceptors (Lipinski definition) is 4. The maximum absolute atomic E-state index is 12.6. The van der Waals surface area contributed by atoms with Gasteiger partial charge < -0.3 is 0 Å². The second kappa shape index (κ2) is 7.67. The fourth-order valence-corrected chi connectivity index (χ4v) is 4.30. The van der Waals surface area contributed by atoms with Gasteiger partial charge in [0.05, 0.1) is 18.8 Å². The van der Waals surface area contributed by atoms with Gasteiger partial charge in [0.2, 0.25) is 0 Å². The van der Waals surface area contributed by atoms with Gasteiger partial charge in [-0.1, -0.05) is 43.2 Å². The Labute approximate surface area is 150 Å². The number of hydrazone groups is 1. The van der Waals surface area contributed by atoms with Crippen LogP contribution in [0.1, 0.15) is 37.7 Å². The quantitative estimate of drug-likeness (QED) is 0.843. The Balaban J connectivity index is 1.27. The van der Waals surface area contributed by atoms with Crippen LogP contribution in [0.2, 0.25) is 0 Å². The van der Waals surface area contributed by atoms with Crippen LogP contribution >= 0.6 is 0 Å². The highest BCUT2D eigenvalue weighted by atomic mass is 16.2. The molecule has 1 aliphatic carbocycles. The minimum absolute atomic E-state index is 0.139. The Bertz CT molecular complexity index is 616. The molecule has 0 bridgehead atoms. The van der Waals surface area contributed by atoms with Gasteiger partial charge in [-0.05, 0) is 18.4 Å². The zero-order chi connectivity index (χ0) is 17.1. The van der Waals surface area contributed by atoms with E-state index in [2.05, 4.69) is 27.0 Å². The summed E-state index contributed by atoms with van der Waals surface area (Å²) in [7, 11) is 0. The molecule has 0 aromatic heterocycles. The van der Waals surface area contributed by atoms with Crippen molar-refractivity contribution in [2.24, 2.45) is 5.10 Å². The molecule has 0 atom stereocenters. The van der Waals surface area contributed by atoms with Crippen LogP contribution in [0.15, 0.2) is 35.4 Å². The van der Waals surface area contributed by atoms with Crippen molar-refractivity contribution in [3.05, 3.63) is 35.9 Å². The molecule has 1 saturated heterocycles. The molecule has 2 aliphatic heterocycles. The topological polar surface area (TPSA) is 39.2 Å².